The number of rotatable bonds is 8. The number of piperidine rings is 1. The summed E-state index contributed by atoms with van der Waals surface area (Å²) in [7, 11) is 1.58. The number of hydrogen-bond donors (Lipinski definition) is 1. The molecule has 1 aromatic rings. The molecule has 1 atom stereocenters. The second-order valence-corrected chi connectivity index (χ2v) is 7.06. The van der Waals surface area contributed by atoms with E-state index in [1.54, 1.807) is 18.4 Å². The Morgan fingerprint density at radius 2 is 2.26 bits per heavy atom. The predicted octanol–water partition coefficient (Wildman–Crippen LogP) is 1.92. The van der Waals surface area contributed by atoms with Crippen LogP contribution >= 0.6 is 11.3 Å². The van der Waals surface area contributed by atoms with Gasteiger partial charge in [-0.25, -0.2) is 0 Å². The Morgan fingerprint density at radius 1 is 1.52 bits per heavy atom. The number of hydrogen-bond acceptors (Lipinski definition) is 5. The van der Waals surface area contributed by atoms with Gasteiger partial charge in [-0.1, -0.05) is 0 Å². The van der Waals surface area contributed by atoms with Crippen molar-refractivity contribution in [1.29, 1.82) is 0 Å². The van der Waals surface area contributed by atoms with Gasteiger partial charge in [-0.3, -0.25) is 4.79 Å². The molecule has 2 N–H and O–H groups in total. The number of amides is 1. The molecule has 1 amide bonds. The second kappa shape index (κ2) is 9.37. The van der Waals surface area contributed by atoms with Gasteiger partial charge in [-0.15, -0.1) is 0 Å². The van der Waals surface area contributed by atoms with Gasteiger partial charge in [0.15, 0.2) is 0 Å². The van der Waals surface area contributed by atoms with Crippen molar-refractivity contribution in [3.8, 4) is 0 Å². The lowest BCUT2D eigenvalue weighted by Gasteiger charge is -2.40. The number of nitrogens with two attached hydrogens (primary N) is 1. The predicted molar refractivity (Wildman–Crippen MR) is 94.5 cm³/mol. The molecule has 5 nitrogen and oxygen atoms in total. The average molecular weight is 340 g/mol. The van der Waals surface area contributed by atoms with Crippen LogP contribution in [0.1, 0.15) is 31.7 Å². The zero-order chi connectivity index (χ0) is 16.7. The van der Waals surface area contributed by atoms with Gasteiger partial charge in [-0.2, -0.15) is 11.3 Å². The third kappa shape index (κ3) is 5.28. The van der Waals surface area contributed by atoms with E-state index in [-0.39, 0.29) is 12.5 Å². The van der Waals surface area contributed by atoms with E-state index in [4.69, 9.17) is 10.5 Å². The lowest BCUT2D eigenvalue weighted by atomic mass is 10.00. The highest BCUT2D eigenvalue weighted by atomic mass is 32.1. The van der Waals surface area contributed by atoms with Gasteiger partial charge >= 0.3 is 0 Å². The lowest BCUT2D eigenvalue weighted by molar-refractivity contribution is -0.139. The fourth-order valence-electron chi connectivity index (χ4n) is 3.27. The normalized spacial score (nSPS) is 18.0. The van der Waals surface area contributed by atoms with Crippen LogP contribution in [0.2, 0.25) is 0 Å². The van der Waals surface area contributed by atoms with Crippen molar-refractivity contribution in [3.05, 3.63) is 22.4 Å². The Balaban J connectivity index is 1.95. The summed E-state index contributed by atoms with van der Waals surface area (Å²) >= 11 is 1.67. The number of methoxy groups -OCH3 is 1. The zero-order valence-corrected chi connectivity index (χ0v) is 15.1. The summed E-state index contributed by atoms with van der Waals surface area (Å²) < 4.78 is 5.07. The van der Waals surface area contributed by atoms with Crippen molar-refractivity contribution in [2.75, 3.05) is 33.4 Å². The minimum Gasteiger partial charge on any atom is -0.375 e. The third-order valence-electron chi connectivity index (χ3n) is 4.67. The number of thiophene rings is 1. The second-order valence-electron chi connectivity index (χ2n) is 6.28. The zero-order valence-electron chi connectivity index (χ0n) is 14.2. The first-order chi connectivity index (χ1) is 11.2. The number of nitrogens with zero attached hydrogens (tertiary/aromatic N) is 2. The summed E-state index contributed by atoms with van der Waals surface area (Å²) in [5.41, 5.74) is 6.87. The molecule has 0 aliphatic carbocycles. The summed E-state index contributed by atoms with van der Waals surface area (Å²) in [5, 5.41) is 4.18. The van der Waals surface area contributed by atoms with Crippen LogP contribution in [0.5, 0.6) is 0 Å². The number of carbonyl (C=O) groups is 1. The minimum atomic E-state index is 0.0900. The molecule has 2 rings (SSSR count). The molecule has 0 bridgehead atoms. The molecule has 1 saturated heterocycles. The molecule has 1 aliphatic heterocycles. The van der Waals surface area contributed by atoms with E-state index in [1.807, 2.05) is 4.90 Å². The SMILES string of the molecule is COCC(=O)N(Cc1ccsc1)C1CCN(C(C)CCN)CC1. The van der Waals surface area contributed by atoms with Crippen molar-refractivity contribution in [2.24, 2.45) is 5.73 Å². The van der Waals surface area contributed by atoms with E-state index in [2.05, 4.69) is 28.7 Å². The maximum absolute atomic E-state index is 12.5. The first-order valence-electron chi connectivity index (χ1n) is 8.39. The van der Waals surface area contributed by atoms with Gasteiger partial charge in [0.2, 0.25) is 5.91 Å². The van der Waals surface area contributed by atoms with E-state index in [0.717, 1.165) is 38.9 Å². The number of carbonyl (C=O) groups excluding carboxylic acids is 1. The molecule has 2 heterocycles. The Morgan fingerprint density at radius 3 is 2.83 bits per heavy atom. The van der Waals surface area contributed by atoms with Crippen LogP contribution < -0.4 is 5.73 Å². The lowest BCUT2D eigenvalue weighted by Crippen LogP contribution is -2.50. The fraction of sp³-hybridized carbons (Fsp3) is 0.706. The molecule has 0 spiro atoms. The minimum absolute atomic E-state index is 0.0900. The molecule has 0 saturated carbocycles. The highest BCUT2D eigenvalue weighted by Gasteiger charge is 2.29. The number of likely N-dealkylation sites (tertiary alicyclic amines) is 1. The molecule has 0 aromatic carbocycles. The average Bonchev–Trinajstić information content (AvgIpc) is 3.06. The summed E-state index contributed by atoms with van der Waals surface area (Å²) in [6.45, 7) is 5.89. The fourth-order valence-corrected chi connectivity index (χ4v) is 3.93. The summed E-state index contributed by atoms with van der Waals surface area (Å²) in [6, 6.07) is 2.93. The largest absolute Gasteiger partial charge is 0.375 e. The molecular formula is C17H29N3O2S. The van der Waals surface area contributed by atoms with E-state index in [1.165, 1.54) is 5.56 Å². The van der Waals surface area contributed by atoms with Gasteiger partial charge < -0.3 is 20.3 Å². The van der Waals surface area contributed by atoms with E-state index in [0.29, 0.717) is 18.6 Å². The quantitative estimate of drug-likeness (QED) is 0.786. The van der Waals surface area contributed by atoms with Gasteiger partial charge in [0.25, 0.3) is 0 Å². The maximum atomic E-state index is 12.5. The highest BCUT2D eigenvalue weighted by molar-refractivity contribution is 7.07. The maximum Gasteiger partial charge on any atom is 0.249 e. The van der Waals surface area contributed by atoms with Crippen LogP contribution in [0.4, 0.5) is 0 Å². The van der Waals surface area contributed by atoms with Crippen LogP contribution in [0, 0.1) is 0 Å². The van der Waals surface area contributed by atoms with Crippen LogP contribution in [-0.2, 0) is 16.1 Å². The summed E-state index contributed by atoms with van der Waals surface area (Å²) in [4.78, 5) is 17.0. The van der Waals surface area contributed by atoms with Crippen LogP contribution in [0.25, 0.3) is 0 Å². The smallest absolute Gasteiger partial charge is 0.249 e. The standard InChI is InChI=1S/C17H29N3O2S/c1-14(3-7-18)19-8-4-16(5-9-19)20(17(21)12-22-2)11-15-6-10-23-13-15/h6,10,13-14,16H,3-5,7-9,11-12,18H2,1-2H3. The van der Waals surface area contributed by atoms with Crippen molar-refractivity contribution < 1.29 is 9.53 Å². The van der Waals surface area contributed by atoms with Crippen molar-refractivity contribution in [2.45, 2.75) is 44.8 Å². The van der Waals surface area contributed by atoms with Crippen molar-refractivity contribution in [3.63, 3.8) is 0 Å². The first kappa shape index (κ1) is 18.4. The molecule has 6 heteroatoms. The van der Waals surface area contributed by atoms with Crippen molar-refractivity contribution in [1.82, 2.24) is 9.80 Å². The van der Waals surface area contributed by atoms with Gasteiger partial charge in [0.1, 0.15) is 6.61 Å². The molecule has 1 unspecified atom stereocenters. The monoisotopic (exact) mass is 339 g/mol. The van der Waals surface area contributed by atoms with Crippen molar-refractivity contribution >= 4 is 17.2 Å². The van der Waals surface area contributed by atoms with Gasteiger partial charge in [0, 0.05) is 38.8 Å². The Kier molecular flexibility index (Phi) is 7.49. The van der Waals surface area contributed by atoms with E-state index >= 15 is 0 Å². The molecule has 0 radical (unpaired) electrons. The molecule has 1 aliphatic rings. The van der Waals surface area contributed by atoms with Gasteiger partial charge in [-0.05, 0) is 55.1 Å². The molecule has 23 heavy (non-hydrogen) atoms. The van der Waals surface area contributed by atoms with Crippen LogP contribution in [-0.4, -0.2) is 61.1 Å². The highest BCUT2D eigenvalue weighted by Crippen LogP contribution is 2.22. The molecule has 1 aromatic heterocycles. The molecule has 130 valence electrons. The Labute approximate surface area is 143 Å². The Hall–Kier alpha value is -0.950. The number of ether oxygens (including phenoxy) is 1. The third-order valence-corrected chi connectivity index (χ3v) is 5.40. The van der Waals surface area contributed by atoms with Crippen LogP contribution in [0.3, 0.4) is 0 Å². The molecule has 1 fully saturated rings. The first-order valence-corrected chi connectivity index (χ1v) is 9.33. The van der Waals surface area contributed by atoms with E-state index in [9.17, 15) is 4.79 Å². The summed E-state index contributed by atoms with van der Waals surface area (Å²) in [6.07, 6.45) is 3.08. The molecular weight excluding hydrogens is 310 g/mol. The summed E-state index contributed by atoms with van der Waals surface area (Å²) in [5.74, 6) is 0.0900. The van der Waals surface area contributed by atoms with Crippen LogP contribution in [0.15, 0.2) is 16.8 Å². The van der Waals surface area contributed by atoms with E-state index < -0.39 is 0 Å². The Bertz CT molecular complexity index is 458. The van der Waals surface area contributed by atoms with Gasteiger partial charge in [0.05, 0.1) is 0 Å². The topological polar surface area (TPSA) is 58.8 Å².